The van der Waals surface area contributed by atoms with Gasteiger partial charge < -0.3 is 65.1 Å². The highest BCUT2D eigenvalue weighted by Gasteiger charge is 2.46. The lowest BCUT2D eigenvalue weighted by atomic mass is 9.91. The molecule has 0 radical (unpaired) electrons. The number of carbonyl (C=O) groups is 2. The predicted molar refractivity (Wildman–Crippen MR) is 123 cm³/mol. The summed E-state index contributed by atoms with van der Waals surface area (Å²) in [5, 5.41) is 81.1. The zero-order chi connectivity index (χ0) is 28.1. The molecule has 0 spiro atoms. The zero-order valence-electron chi connectivity index (χ0n) is 20.4. The van der Waals surface area contributed by atoms with Crippen molar-refractivity contribution in [2.24, 2.45) is 5.92 Å². The van der Waals surface area contributed by atoms with Crippen LogP contribution in [-0.4, -0.2) is 128 Å². The van der Waals surface area contributed by atoms with Gasteiger partial charge in [0.05, 0.1) is 25.7 Å². The number of amides is 1. The van der Waals surface area contributed by atoms with Gasteiger partial charge in [0.2, 0.25) is 18.5 Å². The summed E-state index contributed by atoms with van der Waals surface area (Å²) in [5.74, 6) is -2.88. The largest absolute Gasteiger partial charge is 0.480 e. The zero-order valence-corrected chi connectivity index (χ0v) is 20.4. The number of hydrogen-bond acceptors (Lipinski definition) is 13. The average molecular weight is 548 g/mol. The van der Waals surface area contributed by atoms with Crippen molar-refractivity contribution in [1.82, 2.24) is 5.32 Å². The minimum Gasteiger partial charge on any atom is -0.480 e. The maximum absolute atomic E-state index is 12.1. The van der Waals surface area contributed by atoms with Crippen molar-refractivity contribution in [3.8, 4) is 11.5 Å². The number of aliphatic hydroxyl groups is 7. The molecule has 0 bridgehead atoms. The summed E-state index contributed by atoms with van der Waals surface area (Å²) >= 11 is 0. The molecule has 15 heteroatoms. The van der Waals surface area contributed by atoms with Crippen LogP contribution in [0.5, 0.6) is 11.5 Å². The number of carbonyl (C=O) groups excluding carboxylic acids is 1. The minimum atomic E-state index is -1.77. The fraction of sp³-hybridized carbons (Fsp3) is 0.652. The number of nitrogens with one attached hydrogen (secondary N) is 1. The summed E-state index contributed by atoms with van der Waals surface area (Å²) in [5.41, 5.74) is 0.307. The van der Waals surface area contributed by atoms with Crippen LogP contribution in [0.3, 0.4) is 0 Å². The Morgan fingerprint density at radius 2 is 1.42 bits per heavy atom. The molecule has 2 aliphatic rings. The minimum absolute atomic E-state index is 0.0963. The third-order valence-corrected chi connectivity index (χ3v) is 6.37. The first-order chi connectivity index (χ1) is 18.0. The number of aliphatic hydroxyl groups excluding tert-OH is 7. The molecular formula is C23H33NO14. The molecule has 1 amide bonds. The maximum atomic E-state index is 12.1. The molecule has 10 atom stereocenters. The molecule has 2 saturated heterocycles. The lowest BCUT2D eigenvalue weighted by molar-refractivity contribution is -0.279. The third kappa shape index (κ3) is 6.88. The van der Waals surface area contributed by atoms with Crippen molar-refractivity contribution < 1.29 is 69.4 Å². The first-order valence-electron chi connectivity index (χ1n) is 11.8. The molecule has 1 aromatic carbocycles. The Hall–Kier alpha value is -2.60. The summed E-state index contributed by atoms with van der Waals surface area (Å²) in [6.45, 7) is -0.332. The fourth-order valence-corrected chi connectivity index (χ4v) is 4.06. The molecule has 9 N–H and O–H groups in total. The topological polar surface area (TPSA) is 245 Å². The number of aliphatic carboxylic acids is 1. The molecule has 2 aliphatic heterocycles. The van der Waals surface area contributed by atoms with E-state index in [0.717, 1.165) is 0 Å². The molecule has 0 aliphatic carbocycles. The lowest BCUT2D eigenvalue weighted by Gasteiger charge is -2.41. The molecule has 15 nitrogen and oxygen atoms in total. The van der Waals surface area contributed by atoms with Crippen molar-refractivity contribution >= 4 is 11.9 Å². The Balaban J connectivity index is 1.88. The van der Waals surface area contributed by atoms with Crippen LogP contribution < -0.4 is 14.8 Å². The van der Waals surface area contributed by atoms with E-state index in [1.54, 1.807) is 0 Å². The summed E-state index contributed by atoms with van der Waals surface area (Å²) in [7, 11) is 0. The smallest absolute Gasteiger partial charge is 0.322 e. The molecule has 0 unspecified atom stereocenters. The standard InChI is InChI=1S/C23H33NO14/c1-9-17(30)13(7-25)37-22(18(9)31)35-11-3-2-10(5-15(27)24-6-16(28)29)4-12(11)36-23-21(34)20(33)19(32)14(8-26)38-23/h2-4,9,13-14,17-23,25-26,30-34H,5-8H2,1H3,(H,24,27)(H,28,29)/t9-,13+,14+,17-,18+,19+,20-,21+,22+,23+/m0/s1. The Kier molecular flexibility index (Phi) is 10.2. The Morgan fingerprint density at radius 1 is 0.842 bits per heavy atom. The van der Waals surface area contributed by atoms with E-state index in [2.05, 4.69) is 5.32 Å². The van der Waals surface area contributed by atoms with Crippen LogP contribution in [0.25, 0.3) is 0 Å². The normalized spacial score (nSPS) is 35.4. The fourth-order valence-electron chi connectivity index (χ4n) is 4.06. The number of carboxylic acid groups (broad SMARTS) is 1. The van der Waals surface area contributed by atoms with E-state index >= 15 is 0 Å². The highest BCUT2D eigenvalue weighted by atomic mass is 16.7. The van der Waals surface area contributed by atoms with Gasteiger partial charge in [0, 0.05) is 5.92 Å². The van der Waals surface area contributed by atoms with Crippen LogP contribution in [0.2, 0.25) is 0 Å². The van der Waals surface area contributed by atoms with Crippen LogP contribution >= 0.6 is 0 Å². The molecule has 1 aromatic rings. The Labute approximate surface area is 216 Å². The molecule has 0 aromatic heterocycles. The van der Waals surface area contributed by atoms with Crippen molar-refractivity contribution in [1.29, 1.82) is 0 Å². The number of ether oxygens (including phenoxy) is 4. The number of carboxylic acids is 1. The predicted octanol–water partition coefficient (Wildman–Crippen LogP) is -3.94. The Bertz CT molecular complexity index is 958. The molecule has 214 valence electrons. The lowest BCUT2D eigenvalue weighted by Crippen LogP contribution is -2.60. The van der Waals surface area contributed by atoms with Gasteiger partial charge in [0.25, 0.3) is 0 Å². The quantitative estimate of drug-likeness (QED) is 0.136. The van der Waals surface area contributed by atoms with Gasteiger partial charge in [-0.15, -0.1) is 0 Å². The van der Waals surface area contributed by atoms with Gasteiger partial charge in [-0.2, -0.15) is 0 Å². The van der Waals surface area contributed by atoms with E-state index in [0.29, 0.717) is 5.56 Å². The van der Waals surface area contributed by atoms with E-state index in [4.69, 9.17) is 24.1 Å². The third-order valence-electron chi connectivity index (χ3n) is 6.37. The van der Waals surface area contributed by atoms with E-state index in [1.165, 1.54) is 25.1 Å². The van der Waals surface area contributed by atoms with Crippen LogP contribution in [0.1, 0.15) is 12.5 Å². The molecule has 2 heterocycles. The van der Waals surface area contributed by atoms with Crippen LogP contribution in [0.4, 0.5) is 0 Å². The van der Waals surface area contributed by atoms with Crippen molar-refractivity contribution in [2.75, 3.05) is 19.8 Å². The summed E-state index contributed by atoms with van der Waals surface area (Å²) in [6, 6.07) is 4.07. The molecule has 3 rings (SSSR count). The Morgan fingerprint density at radius 3 is 2.03 bits per heavy atom. The van der Waals surface area contributed by atoms with Gasteiger partial charge in [-0.05, 0) is 17.7 Å². The number of rotatable bonds is 10. The first-order valence-corrected chi connectivity index (χ1v) is 11.8. The second kappa shape index (κ2) is 13.0. The molecular weight excluding hydrogens is 514 g/mol. The van der Waals surface area contributed by atoms with Gasteiger partial charge in [-0.25, -0.2) is 0 Å². The van der Waals surface area contributed by atoms with E-state index in [9.17, 15) is 45.3 Å². The molecule has 2 fully saturated rings. The maximum Gasteiger partial charge on any atom is 0.322 e. The van der Waals surface area contributed by atoms with Gasteiger partial charge in [0.1, 0.15) is 43.2 Å². The van der Waals surface area contributed by atoms with Crippen molar-refractivity contribution in [3.63, 3.8) is 0 Å². The van der Waals surface area contributed by atoms with E-state index in [1.807, 2.05) is 0 Å². The van der Waals surface area contributed by atoms with Gasteiger partial charge in [-0.1, -0.05) is 13.0 Å². The first kappa shape index (κ1) is 29.9. The second-order valence-corrected chi connectivity index (χ2v) is 9.13. The van der Waals surface area contributed by atoms with Crippen molar-refractivity contribution in [3.05, 3.63) is 23.8 Å². The van der Waals surface area contributed by atoms with Crippen LogP contribution in [0.15, 0.2) is 18.2 Å². The average Bonchev–Trinajstić information content (AvgIpc) is 2.89. The molecule has 0 saturated carbocycles. The van der Waals surface area contributed by atoms with Crippen LogP contribution in [-0.2, 0) is 25.5 Å². The van der Waals surface area contributed by atoms with Gasteiger partial charge in [0.15, 0.2) is 11.5 Å². The highest BCUT2D eigenvalue weighted by Crippen LogP contribution is 2.36. The monoisotopic (exact) mass is 547 g/mol. The highest BCUT2D eigenvalue weighted by molar-refractivity contribution is 5.82. The second-order valence-electron chi connectivity index (χ2n) is 9.13. The van der Waals surface area contributed by atoms with Gasteiger partial charge in [-0.3, -0.25) is 9.59 Å². The van der Waals surface area contributed by atoms with Crippen molar-refractivity contribution in [2.45, 2.75) is 68.7 Å². The van der Waals surface area contributed by atoms with E-state index < -0.39 is 92.9 Å². The van der Waals surface area contributed by atoms with E-state index in [-0.39, 0.29) is 17.9 Å². The summed E-state index contributed by atoms with van der Waals surface area (Å²) in [6.07, 6.45) is -13.3. The summed E-state index contributed by atoms with van der Waals surface area (Å²) in [4.78, 5) is 22.8. The summed E-state index contributed by atoms with van der Waals surface area (Å²) < 4.78 is 22.3. The van der Waals surface area contributed by atoms with Gasteiger partial charge >= 0.3 is 5.97 Å². The number of hydrogen-bond donors (Lipinski definition) is 9. The van der Waals surface area contributed by atoms with Crippen LogP contribution in [0, 0.1) is 5.92 Å². The number of benzene rings is 1. The molecule has 38 heavy (non-hydrogen) atoms. The SMILES string of the molecule is C[C@@H]1[C@@H](O)[C@H](Oc2ccc(CC(=O)NCC(=O)O)cc2O[C@@H]2O[C@H](CO)[C@@H](O)[C@H](O)[C@H]2O)O[C@H](CO)[C@H]1O.